The predicted molar refractivity (Wildman–Crippen MR) is 85.2 cm³/mol. The van der Waals surface area contributed by atoms with Crippen LogP contribution in [0.5, 0.6) is 5.75 Å². The Morgan fingerprint density at radius 3 is 2.81 bits per heavy atom. The molecule has 3 nitrogen and oxygen atoms in total. The molecule has 0 bridgehead atoms. The summed E-state index contributed by atoms with van der Waals surface area (Å²) in [5.41, 5.74) is 2.51. The summed E-state index contributed by atoms with van der Waals surface area (Å²) >= 11 is 1.70. The molecule has 0 amide bonds. The fourth-order valence-electron chi connectivity index (χ4n) is 2.12. The molecule has 2 aromatic rings. The molecule has 1 N–H and O–H groups in total. The second kappa shape index (κ2) is 8.47. The predicted octanol–water partition coefficient (Wildman–Crippen LogP) is 4.17. The van der Waals surface area contributed by atoms with Crippen LogP contribution in [0.4, 0.5) is 0 Å². The monoisotopic (exact) mass is 304 g/mol. The molecule has 0 saturated carbocycles. The molecule has 2 rings (SSSR count). The Bertz CT molecular complexity index is 549. The maximum absolute atomic E-state index is 10.5. The summed E-state index contributed by atoms with van der Waals surface area (Å²) in [5.74, 6) is 0.168. The van der Waals surface area contributed by atoms with E-state index in [0.717, 1.165) is 31.4 Å². The molecular weight excluding hydrogens is 284 g/mol. The van der Waals surface area contributed by atoms with E-state index in [1.807, 2.05) is 18.2 Å². The van der Waals surface area contributed by atoms with Crippen molar-refractivity contribution < 1.29 is 14.6 Å². The van der Waals surface area contributed by atoms with E-state index in [1.54, 1.807) is 11.3 Å². The van der Waals surface area contributed by atoms with Crippen LogP contribution in [-0.2, 0) is 17.6 Å². The molecular formula is C17H20O3S. The van der Waals surface area contributed by atoms with E-state index in [2.05, 4.69) is 22.9 Å². The molecule has 1 heterocycles. The first-order valence-corrected chi connectivity index (χ1v) is 8.13. The van der Waals surface area contributed by atoms with Gasteiger partial charge in [0.25, 0.3) is 0 Å². The lowest BCUT2D eigenvalue weighted by Gasteiger charge is -2.07. The Morgan fingerprint density at radius 1 is 1.14 bits per heavy atom. The van der Waals surface area contributed by atoms with E-state index in [0.29, 0.717) is 6.61 Å². The first-order valence-electron chi connectivity index (χ1n) is 7.18. The standard InChI is InChI=1S/C17H20O3S/c18-17(19)7-2-1-4-14-5-3-6-16(12-14)20-10-8-15-9-11-21-13-15/h3,5-6,9,11-13H,1-2,4,7-8,10H2,(H,18,19). The Hall–Kier alpha value is -1.81. The van der Waals surface area contributed by atoms with Crippen LogP contribution in [0, 0.1) is 0 Å². The number of unbranched alkanes of at least 4 members (excludes halogenated alkanes) is 1. The average molecular weight is 304 g/mol. The summed E-state index contributed by atoms with van der Waals surface area (Å²) < 4.78 is 5.78. The van der Waals surface area contributed by atoms with Crippen LogP contribution in [0.3, 0.4) is 0 Å². The van der Waals surface area contributed by atoms with Crippen molar-refractivity contribution >= 4 is 17.3 Å². The molecule has 0 spiro atoms. The number of aryl methyl sites for hydroxylation is 1. The number of carboxylic acid groups (broad SMARTS) is 1. The van der Waals surface area contributed by atoms with E-state index in [9.17, 15) is 4.79 Å². The van der Waals surface area contributed by atoms with Crippen molar-refractivity contribution in [1.29, 1.82) is 0 Å². The molecule has 1 aromatic heterocycles. The third-order valence-corrected chi connectivity index (χ3v) is 3.98. The summed E-state index contributed by atoms with van der Waals surface area (Å²) in [6.45, 7) is 0.680. The highest BCUT2D eigenvalue weighted by atomic mass is 32.1. The lowest BCUT2D eigenvalue weighted by molar-refractivity contribution is -0.137. The minimum Gasteiger partial charge on any atom is -0.493 e. The van der Waals surface area contributed by atoms with Gasteiger partial charge in [0, 0.05) is 12.8 Å². The third-order valence-electron chi connectivity index (χ3n) is 3.24. The Morgan fingerprint density at radius 2 is 2.05 bits per heavy atom. The van der Waals surface area contributed by atoms with Gasteiger partial charge in [-0.05, 0) is 59.3 Å². The van der Waals surface area contributed by atoms with E-state index in [4.69, 9.17) is 9.84 Å². The van der Waals surface area contributed by atoms with Gasteiger partial charge >= 0.3 is 5.97 Å². The van der Waals surface area contributed by atoms with Crippen molar-refractivity contribution in [3.05, 3.63) is 52.2 Å². The van der Waals surface area contributed by atoms with Crippen LogP contribution in [-0.4, -0.2) is 17.7 Å². The molecule has 0 aliphatic heterocycles. The fraction of sp³-hybridized carbons (Fsp3) is 0.353. The molecule has 0 unspecified atom stereocenters. The van der Waals surface area contributed by atoms with Crippen molar-refractivity contribution in [2.75, 3.05) is 6.61 Å². The molecule has 0 aliphatic carbocycles. The Kier molecular flexibility index (Phi) is 6.28. The van der Waals surface area contributed by atoms with Crippen LogP contribution in [0.25, 0.3) is 0 Å². The quantitative estimate of drug-likeness (QED) is 0.707. The van der Waals surface area contributed by atoms with Crippen molar-refractivity contribution in [3.8, 4) is 5.75 Å². The first kappa shape index (κ1) is 15.6. The maximum atomic E-state index is 10.5. The largest absolute Gasteiger partial charge is 0.493 e. The molecule has 0 aliphatic rings. The second-order valence-corrected chi connectivity index (χ2v) is 5.76. The zero-order chi connectivity index (χ0) is 14.9. The number of carboxylic acids is 1. The van der Waals surface area contributed by atoms with Crippen LogP contribution in [0.1, 0.15) is 30.4 Å². The number of carbonyl (C=O) groups is 1. The highest BCUT2D eigenvalue weighted by molar-refractivity contribution is 7.07. The van der Waals surface area contributed by atoms with Crippen molar-refractivity contribution in [1.82, 2.24) is 0 Å². The van der Waals surface area contributed by atoms with E-state index < -0.39 is 5.97 Å². The van der Waals surface area contributed by atoms with Gasteiger partial charge in [-0.3, -0.25) is 4.79 Å². The van der Waals surface area contributed by atoms with Gasteiger partial charge in [0.15, 0.2) is 0 Å². The topological polar surface area (TPSA) is 46.5 Å². The minimum absolute atomic E-state index is 0.247. The lowest BCUT2D eigenvalue weighted by Crippen LogP contribution is -2.01. The number of aliphatic carboxylic acids is 1. The highest BCUT2D eigenvalue weighted by Crippen LogP contribution is 2.16. The van der Waals surface area contributed by atoms with Gasteiger partial charge in [0.1, 0.15) is 5.75 Å². The number of ether oxygens (including phenoxy) is 1. The van der Waals surface area contributed by atoms with Gasteiger partial charge in [-0.25, -0.2) is 0 Å². The summed E-state index contributed by atoms with van der Waals surface area (Å²) in [5, 5.41) is 12.8. The number of benzene rings is 1. The first-order chi connectivity index (χ1) is 10.2. The molecule has 21 heavy (non-hydrogen) atoms. The zero-order valence-corrected chi connectivity index (χ0v) is 12.8. The SMILES string of the molecule is O=C(O)CCCCc1cccc(OCCc2ccsc2)c1. The zero-order valence-electron chi connectivity index (χ0n) is 12.0. The maximum Gasteiger partial charge on any atom is 0.303 e. The smallest absolute Gasteiger partial charge is 0.303 e. The number of rotatable bonds is 9. The highest BCUT2D eigenvalue weighted by Gasteiger charge is 2.00. The van der Waals surface area contributed by atoms with Gasteiger partial charge in [-0.15, -0.1) is 0 Å². The van der Waals surface area contributed by atoms with E-state index >= 15 is 0 Å². The van der Waals surface area contributed by atoms with Crippen LogP contribution in [0.15, 0.2) is 41.1 Å². The molecule has 0 saturated heterocycles. The van der Waals surface area contributed by atoms with Crippen molar-refractivity contribution in [3.63, 3.8) is 0 Å². The second-order valence-electron chi connectivity index (χ2n) is 4.98. The van der Waals surface area contributed by atoms with E-state index in [-0.39, 0.29) is 6.42 Å². The Labute approximate surface area is 129 Å². The molecule has 0 radical (unpaired) electrons. The summed E-state index contributed by atoms with van der Waals surface area (Å²) in [6.07, 6.45) is 3.68. The average Bonchev–Trinajstić information content (AvgIpc) is 2.97. The van der Waals surface area contributed by atoms with Gasteiger partial charge < -0.3 is 9.84 Å². The molecule has 0 fully saturated rings. The van der Waals surface area contributed by atoms with Crippen molar-refractivity contribution in [2.45, 2.75) is 32.1 Å². The van der Waals surface area contributed by atoms with Crippen LogP contribution in [0.2, 0.25) is 0 Å². The summed E-state index contributed by atoms with van der Waals surface area (Å²) in [4.78, 5) is 10.5. The van der Waals surface area contributed by atoms with Gasteiger partial charge in [-0.1, -0.05) is 12.1 Å². The molecule has 4 heteroatoms. The van der Waals surface area contributed by atoms with Crippen molar-refractivity contribution in [2.24, 2.45) is 0 Å². The Balaban J connectivity index is 1.73. The number of thiophene rings is 1. The van der Waals surface area contributed by atoms with Gasteiger partial charge in [0.2, 0.25) is 0 Å². The van der Waals surface area contributed by atoms with Crippen LogP contribution >= 0.6 is 11.3 Å². The van der Waals surface area contributed by atoms with Gasteiger partial charge in [0.05, 0.1) is 6.61 Å². The number of hydrogen-bond donors (Lipinski definition) is 1. The number of hydrogen-bond acceptors (Lipinski definition) is 3. The normalized spacial score (nSPS) is 10.5. The van der Waals surface area contributed by atoms with E-state index in [1.165, 1.54) is 11.1 Å². The molecule has 112 valence electrons. The van der Waals surface area contributed by atoms with Crippen LogP contribution < -0.4 is 4.74 Å². The lowest BCUT2D eigenvalue weighted by atomic mass is 10.1. The minimum atomic E-state index is -0.722. The fourth-order valence-corrected chi connectivity index (χ4v) is 2.82. The molecule has 1 aromatic carbocycles. The summed E-state index contributed by atoms with van der Waals surface area (Å²) in [7, 11) is 0. The third kappa shape index (κ3) is 6.00. The van der Waals surface area contributed by atoms with Gasteiger partial charge in [-0.2, -0.15) is 11.3 Å². The molecule has 0 atom stereocenters. The summed E-state index contributed by atoms with van der Waals surface area (Å²) in [6, 6.07) is 10.2.